The first-order valence-corrected chi connectivity index (χ1v) is 9.79. The number of aromatic nitrogens is 1. The number of hydrogen-bond donors (Lipinski definition) is 1. The van der Waals surface area contributed by atoms with E-state index in [0.717, 1.165) is 37.4 Å². The fourth-order valence-corrected chi connectivity index (χ4v) is 4.38. The van der Waals surface area contributed by atoms with Gasteiger partial charge in [-0.2, -0.15) is 0 Å². The van der Waals surface area contributed by atoms with Crippen molar-refractivity contribution in [1.82, 2.24) is 19.7 Å². The Morgan fingerprint density at radius 3 is 2.72 bits per heavy atom. The number of piperidine rings is 1. The van der Waals surface area contributed by atoms with E-state index in [0.29, 0.717) is 18.4 Å². The standard InChI is InChI=1S/C20H34N4O/c1-17-5-3-6-20(21-17)15-24-13-18(11-19(14-24)16-25)12-23-8-4-7-22(2)9-10-23/h3,5-6,18-19,25H,4,7-16H2,1-2H3/t18-,19+/m1/s1. The monoisotopic (exact) mass is 346 g/mol. The summed E-state index contributed by atoms with van der Waals surface area (Å²) in [4.78, 5) is 12.2. The molecule has 140 valence electrons. The van der Waals surface area contributed by atoms with Gasteiger partial charge in [-0.25, -0.2) is 0 Å². The number of hydrogen-bond acceptors (Lipinski definition) is 5. The van der Waals surface area contributed by atoms with E-state index in [1.807, 2.05) is 0 Å². The molecule has 2 aliphatic rings. The second-order valence-electron chi connectivity index (χ2n) is 8.07. The molecule has 3 heterocycles. The van der Waals surface area contributed by atoms with Crippen LogP contribution < -0.4 is 0 Å². The minimum absolute atomic E-state index is 0.303. The summed E-state index contributed by atoms with van der Waals surface area (Å²) in [6.07, 6.45) is 2.42. The fraction of sp³-hybridized carbons (Fsp3) is 0.750. The predicted molar refractivity (Wildman–Crippen MR) is 101 cm³/mol. The van der Waals surface area contributed by atoms with Crippen LogP contribution in [0.2, 0.25) is 0 Å². The van der Waals surface area contributed by atoms with Crippen LogP contribution in [-0.4, -0.2) is 84.3 Å². The average molecular weight is 347 g/mol. The van der Waals surface area contributed by atoms with Gasteiger partial charge in [-0.1, -0.05) is 6.07 Å². The fourth-order valence-electron chi connectivity index (χ4n) is 4.38. The van der Waals surface area contributed by atoms with Crippen LogP contribution in [0.15, 0.2) is 18.2 Å². The molecule has 1 aromatic heterocycles. The van der Waals surface area contributed by atoms with E-state index in [-0.39, 0.29) is 0 Å². The van der Waals surface area contributed by atoms with Crippen LogP contribution in [0.1, 0.15) is 24.2 Å². The van der Waals surface area contributed by atoms with Crippen LogP contribution in [-0.2, 0) is 6.54 Å². The van der Waals surface area contributed by atoms with E-state index in [9.17, 15) is 5.11 Å². The average Bonchev–Trinajstić information content (AvgIpc) is 2.79. The molecule has 5 heteroatoms. The molecule has 0 aromatic carbocycles. The number of aryl methyl sites for hydroxylation is 1. The topological polar surface area (TPSA) is 42.8 Å². The maximum absolute atomic E-state index is 9.76. The lowest BCUT2D eigenvalue weighted by Gasteiger charge is -2.39. The van der Waals surface area contributed by atoms with Crippen LogP contribution in [0, 0.1) is 18.8 Å². The summed E-state index contributed by atoms with van der Waals surface area (Å²) in [5.41, 5.74) is 2.23. The van der Waals surface area contributed by atoms with Crippen molar-refractivity contribution in [3.05, 3.63) is 29.6 Å². The van der Waals surface area contributed by atoms with Crippen LogP contribution in [0.5, 0.6) is 0 Å². The molecule has 0 amide bonds. The van der Waals surface area contributed by atoms with Gasteiger partial charge in [0.05, 0.1) is 5.69 Å². The van der Waals surface area contributed by atoms with Crippen molar-refractivity contribution in [3.63, 3.8) is 0 Å². The summed E-state index contributed by atoms with van der Waals surface area (Å²) >= 11 is 0. The Bertz CT molecular complexity index is 538. The summed E-state index contributed by atoms with van der Waals surface area (Å²) in [5, 5.41) is 9.76. The predicted octanol–water partition coefficient (Wildman–Crippen LogP) is 1.46. The first-order valence-electron chi connectivity index (χ1n) is 9.79. The van der Waals surface area contributed by atoms with Crippen molar-refractivity contribution >= 4 is 0 Å². The number of likely N-dealkylation sites (tertiary alicyclic amines) is 1. The number of pyridine rings is 1. The third kappa shape index (κ3) is 5.74. The number of aliphatic hydroxyl groups is 1. The Morgan fingerprint density at radius 1 is 1.08 bits per heavy atom. The van der Waals surface area contributed by atoms with Gasteiger partial charge in [0.25, 0.3) is 0 Å². The van der Waals surface area contributed by atoms with Crippen molar-refractivity contribution in [1.29, 1.82) is 0 Å². The molecule has 3 rings (SSSR count). The summed E-state index contributed by atoms with van der Waals surface area (Å²) in [6.45, 7) is 11.3. The third-order valence-corrected chi connectivity index (χ3v) is 5.62. The number of aliphatic hydroxyl groups excluding tert-OH is 1. The van der Waals surface area contributed by atoms with Crippen molar-refractivity contribution in [2.75, 3.05) is 59.5 Å². The highest BCUT2D eigenvalue weighted by Crippen LogP contribution is 2.24. The third-order valence-electron chi connectivity index (χ3n) is 5.62. The molecule has 1 aromatic rings. The number of rotatable bonds is 5. The smallest absolute Gasteiger partial charge is 0.0547 e. The van der Waals surface area contributed by atoms with Gasteiger partial charge in [0.1, 0.15) is 0 Å². The first-order chi connectivity index (χ1) is 12.1. The zero-order chi connectivity index (χ0) is 17.6. The zero-order valence-corrected chi connectivity index (χ0v) is 15.9. The van der Waals surface area contributed by atoms with Crippen LogP contribution in [0.4, 0.5) is 0 Å². The summed E-state index contributed by atoms with van der Waals surface area (Å²) < 4.78 is 0. The van der Waals surface area contributed by atoms with E-state index in [1.54, 1.807) is 0 Å². The lowest BCUT2D eigenvalue weighted by molar-refractivity contribution is 0.0620. The van der Waals surface area contributed by atoms with Crippen molar-refractivity contribution in [3.8, 4) is 0 Å². The van der Waals surface area contributed by atoms with E-state index in [2.05, 4.69) is 51.9 Å². The maximum atomic E-state index is 9.76. The number of likely N-dealkylation sites (N-methyl/N-ethyl adjacent to an activating group) is 1. The lowest BCUT2D eigenvalue weighted by atomic mass is 9.89. The lowest BCUT2D eigenvalue weighted by Crippen LogP contribution is -2.45. The Kier molecular flexibility index (Phi) is 6.82. The summed E-state index contributed by atoms with van der Waals surface area (Å²) in [5.74, 6) is 1.05. The summed E-state index contributed by atoms with van der Waals surface area (Å²) in [7, 11) is 2.22. The zero-order valence-electron chi connectivity index (χ0n) is 15.9. The van der Waals surface area contributed by atoms with Crippen molar-refractivity contribution in [2.24, 2.45) is 11.8 Å². The summed E-state index contributed by atoms with van der Waals surface area (Å²) in [6, 6.07) is 6.26. The molecule has 0 saturated carbocycles. The Labute approximate surface area is 152 Å². The highest BCUT2D eigenvalue weighted by atomic mass is 16.3. The minimum atomic E-state index is 0.303. The first kappa shape index (κ1) is 18.8. The van der Waals surface area contributed by atoms with Crippen molar-refractivity contribution in [2.45, 2.75) is 26.3 Å². The number of nitrogens with zero attached hydrogens (tertiary/aromatic N) is 4. The second kappa shape index (κ2) is 9.08. The largest absolute Gasteiger partial charge is 0.396 e. The van der Waals surface area contributed by atoms with E-state index < -0.39 is 0 Å². The van der Waals surface area contributed by atoms with Gasteiger partial charge in [0.2, 0.25) is 0 Å². The van der Waals surface area contributed by atoms with Crippen LogP contribution in [0.3, 0.4) is 0 Å². The maximum Gasteiger partial charge on any atom is 0.0547 e. The molecule has 0 bridgehead atoms. The SMILES string of the molecule is Cc1cccc(CN2C[C@@H](CN3CCCN(C)CC3)C[C@H](CO)C2)n1. The second-order valence-corrected chi connectivity index (χ2v) is 8.07. The Morgan fingerprint density at radius 2 is 1.92 bits per heavy atom. The van der Waals surface area contributed by atoms with E-state index in [4.69, 9.17) is 0 Å². The van der Waals surface area contributed by atoms with Crippen molar-refractivity contribution < 1.29 is 5.11 Å². The normalized spacial score (nSPS) is 27.3. The molecule has 2 aliphatic heterocycles. The molecule has 2 fully saturated rings. The van der Waals surface area contributed by atoms with Gasteiger partial charge in [-0.05, 0) is 63.9 Å². The van der Waals surface area contributed by atoms with Gasteiger partial charge in [0.15, 0.2) is 0 Å². The Balaban J connectivity index is 1.58. The molecule has 0 radical (unpaired) electrons. The quantitative estimate of drug-likeness (QED) is 0.874. The molecule has 0 unspecified atom stereocenters. The molecule has 5 nitrogen and oxygen atoms in total. The Hall–Kier alpha value is -1.01. The molecule has 25 heavy (non-hydrogen) atoms. The molecule has 2 atom stereocenters. The molecule has 2 saturated heterocycles. The van der Waals surface area contributed by atoms with Crippen LogP contribution >= 0.6 is 0 Å². The van der Waals surface area contributed by atoms with Gasteiger partial charge in [-0.15, -0.1) is 0 Å². The van der Waals surface area contributed by atoms with Gasteiger partial charge < -0.3 is 14.9 Å². The molecule has 0 aliphatic carbocycles. The highest BCUT2D eigenvalue weighted by molar-refractivity contribution is 5.10. The van der Waals surface area contributed by atoms with Crippen LogP contribution in [0.25, 0.3) is 0 Å². The van der Waals surface area contributed by atoms with E-state index >= 15 is 0 Å². The van der Waals surface area contributed by atoms with E-state index in [1.165, 1.54) is 39.1 Å². The molecule has 0 spiro atoms. The minimum Gasteiger partial charge on any atom is -0.396 e. The highest BCUT2D eigenvalue weighted by Gasteiger charge is 2.28. The van der Waals surface area contributed by atoms with Gasteiger partial charge >= 0.3 is 0 Å². The molecular formula is C20H34N4O. The molecule has 1 N–H and O–H groups in total. The van der Waals surface area contributed by atoms with Gasteiger partial charge in [0, 0.05) is 51.6 Å². The molecular weight excluding hydrogens is 312 g/mol. The van der Waals surface area contributed by atoms with Gasteiger partial charge in [-0.3, -0.25) is 9.88 Å².